The van der Waals surface area contributed by atoms with Gasteiger partial charge in [0.1, 0.15) is 12.1 Å². The SMILES string of the molecule is O=C(Cn1ccc(=O)[nH]c1=O)NC1(C(=O)O)CCCC1. The number of rotatable bonds is 4. The fourth-order valence-electron chi connectivity index (χ4n) is 2.40. The topological polar surface area (TPSA) is 121 Å². The lowest BCUT2D eigenvalue weighted by Crippen LogP contribution is -2.53. The lowest BCUT2D eigenvalue weighted by Gasteiger charge is -2.25. The van der Waals surface area contributed by atoms with Gasteiger partial charge >= 0.3 is 11.7 Å². The van der Waals surface area contributed by atoms with E-state index in [2.05, 4.69) is 5.32 Å². The largest absolute Gasteiger partial charge is 0.480 e. The molecule has 0 aliphatic heterocycles. The molecule has 0 bridgehead atoms. The highest BCUT2D eigenvalue weighted by atomic mass is 16.4. The van der Waals surface area contributed by atoms with Gasteiger partial charge in [0.15, 0.2) is 0 Å². The van der Waals surface area contributed by atoms with E-state index in [9.17, 15) is 24.3 Å². The number of carboxylic acids is 1. The van der Waals surface area contributed by atoms with Crippen LogP contribution in [0.5, 0.6) is 0 Å². The summed E-state index contributed by atoms with van der Waals surface area (Å²) in [6.45, 7) is -0.329. The quantitative estimate of drug-likeness (QED) is 0.657. The number of hydrogen-bond acceptors (Lipinski definition) is 4. The molecule has 108 valence electrons. The first-order valence-corrected chi connectivity index (χ1v) is 6.27. The second-order valence-electron chi connectivity index (χ2n) is 4.88. The minimum atomic E-state index is -1.23. The first kappa shape index (κ1) is 14.0. The van der Waals surface area contributed by atoms with Crippen molar-refractivity contribution in [2.45, 2.75) is 37.8 Å². The molecule has 20 heavy (non-hydrogen) atoms. The molecule has 0 spiro atoms. The lowest BCUT2D eigenvalue weighted by atomic mass is 9.98. The Kier molecular flexibility index (Phi) is 3.73. The van der Waals surface area contributed by atoms with Crippen molar-refractivity contribution in [2.24, 2.45) is 0 Å². The van der Waals surface area contributed by atoms with Crippen molar-refractivity contribution in [3.8, 4) is 0 Å². The molecule has 1 aromatic rings. The van der Waals surface area contributed by atoms with Crippen LogP contribution >= 0.6 is 0 Å². The van der Waals surface area contributed by atoms with E-state index in [1.807, 2.05) is 4.98 Å². The average Bonchev–Trinajstić information content (AvgIpc) is 2.82. The Morgan fingerprint density at radius 3 is 2.55 bits per heavy atom. The number of amides is 1. The zero-order valence-corrected chi connectivity index (χ0v) is 10.7. The molecule has 1 fully saturated rings. The highest BCUT2D eigenvalue weighted by Gasteiger charge is 2.42. The summed E-state index contributed by atoms with van der Waals surface area (Å²) >= 11 is 0. The Morgan fingerprint density at radius 2 is 2.00 bits per heavy atom. The summed E-state index contributed by atoms with van der Waals surface area (Å²) in [4.78, 5) is 47.5. The number of hydrogen-bond donors (Lipinski definition) is 3. The van der Waals surface area contributed by atoms with Crippen LogP contribution in [0, 0.1) is 0 Å². The van der Waals surface area contributed by atoms with E-state index in [1.165, 1.54) is 6.20 Å². The van der Waals surface area contributed by atoms with Crippen molar-refractivity contribution in [1.82, 2.24) is 14.9 Å². The third-order valence-corrected chi connectivity index (χ3v) is 3.46. The Hall–Kier alpha value is -2.38. The van der Waals surface area contributed by atoms with Crippen molar-refractivity contribution >= 4 is 11.9 Å². The number of nitrogens with one attached hydrogen (secondary N) is 2. The number of nitrogens with zero attached hydrogens (tertiary/aromatic N) is 1. The van der Waals surface area contributed by atoms with Gasteiger partial charge in [0, 0.05) is 12.3 Å². The smallest absolute Gasteiger partial charge is 0.329 e. The van der Waals surface area contributed by atoms with Crippen LogP contribution in [0.25, 0.3) is 0 Å². The third-order valence-electron chi connectivity index (χ3n) is 3.46. The summed E-state index contributed by atoms with van der Waals surface area (Å²) < 4.78 is 1.02. The molecule has 0 aromatic carbocycles. The van der Waals surface area contributed by atoms with Crippen LogP contribution in [0.1, 0.15) is 25.7 Å². The Balaban J connectivity index is 2.10. The van der Waals surface area contributed by atoms with Crippen molar-refractivity contribution in [3.63, 3.8) is 0 Å². The molecule has 2 rings (SSSR count). The van der Waals surface area contributed by atoms with E-state index in [0.717, 1.165) is 23.5 Å². The van der Waals surface area contributed by atoms with Gasteiger partial charge in [-0.15, -0.1) is 0 Å². The zero-order chi connectivity index (χ0) is 14.8. The maximum absolute atomic E-state index is 11.9. The number of carbonyl (C=O) groups is 2. The first-order valence-electron chi connectivity index (χ1n) is 6.27. The second kappa shape index (κ2) is 5.32. The molecule has 1 saturated carbocycles. The van der Waals surface area contributed by atoms with Gasteiger partial charge in [-0.2, -0.15) is 0 Å². The molecule has 1 amide bonds. The maximum atomic E-state index is 11.9. The van der Waals surface area contributed by atoms with Crippen molar-refractivity contribution in [2.75, 3.05) is 0 Å². The van der Waals surface area contributed by atoms with E-state index >= 15 is 0 Å². The fraction of sp³-hybridized carbons (Fsp3) is 0.500. The van der Waals surface area contributed by atoms with E-state index in [-0.39, 0.29) is 6.54 Å². The average molecular weight is 281 g/mol. The number of aromatic nitrogens is 2. The van der Waals surface area contributed by atoms with Gasteiger partial charge in [-0.05, 0) is 12.8 Å². The minimum absolute atomic E-state index is 0.329. The van der Waals surface area contributed by atoms with E-state index in [4.69, 9.17) is 0 Å². The zero-order valence-electron chi connectivity index (χ0n) is 10.7. The van der Waals surface area contributed by atoms with Crippen LogP contribution in [0.2, 0.25) is 0 Å². The summed E-state index contributed by atoms with van der Waals surface area (Å²) in [5.41, 5.74) is -2.49. The number of aromatic amines is 1. The summed E-state index contributed by atoms with van der Waals surface area (Å²) in [5, 5.41) is 11.7. The van der Waals surface area contributed by atoms with Gasteiger partial charge in [-0.1, -0.05) is 12.8 Å². The maximum Gasteiger partial charge on any atom is 0.329 e. The minimum Gasteiger partial charge on any atom is -0.480 e. The lowest BCUT2D eigenvalue weighted by molar-refractivity contribution is -0.147. The van der Waals surface area contributed by atoms with Crippen molar-refractivity contribution in [3.05, 3.63) is 33.1 Å². The predicted octanol–water partition coefficient (Wildman–Crippen LogP) is -0.950. The first-order chi connectivity index (χ1) is 9.43. The molecular weight excluding hydrogens is 266 g/mol. The molecule has 3 N–H and O–H groups in total. The molecule has 8 heteroatoms. The highest BCUT2D eigenvalue weighted by molar-refractivity contribution is 5.87. The number of carbonyl (C=O) groups excluding carboxylic acids is 1. The van der Waals surface area contributed by atoms with Gasteiger partial charge < -0.3 is 10.4 Å². The van der Waals surface area contributed by atoms with Crippen molar-refractivity contribution in [1.29, 1.82) is 0 Å². The highest BCUT2D eigenvalue weighted by Crippen LogP contribution is 2.29. The molecule has 8 nitrogen and oxygen atoms in total. The van der Waals surface area contributed by atoms with E-state index in [0.29, 0.717) is 12.8 Å². The van der Waals surface area contributed by atoms with E-state index < -0.39 is 28.7 Å². The number of carboxylic acid groups (broad SMARTS) is 1. The van der Waals surface area contributed by atoms with Crippen LogP contribution in [-0.4, -0.2) is 32.1 Å². The molecule has 1 aliphatic carbocycles. The summed E-state index contributed by atoms with van der Waals surface area (Å²) in [5.74, 6) is -1.62. The third kappa shape index (κ3) is 2.79. The number of H-pyrrole nitrogens is 1. The van der Waals surface area contributed by atoms with E-state index in [1.54, 1.807) is 0 Å². The van der Waals surface area contributed by atoms with Gasteiger partial charge in [0.05, 0.1) is 0 Å². The van der Waals surface area contributed by atoms with Gasteiger partial charge in [0.25, 0.3) is 5.56 Å². The summed E-state index contributed by atoms with van der Waals surface area (Å²) in [6, 6.07) is 1.12. The molecule has 0 atom stereocenters. The Morgan fingerprint density at radius 1 is 1.35 bits per heavy atom. The van der Waals surface area contributed by atoms with Gasteiger partial charge in [0.2, 0.25) is 5.91 Å². The van der Waals surface area contributed by atoms with Crippen molar-refractivity contribution < 1.29 is 14.7 Å². The predicted molar refractivity (Wildman–Crippen MR) is 68.3 cm³/mol. The summed E-state index contributed by atoms with van der Waals surface area (Å²) in [6.07, 6.45) is 3.45. The molecule has 1 aromatic heterocycles. The number of aliphatic carboxylic acids is 1. The van der Waals surface area contributed by atoms with Crippen LogP contribution in [0.4, 0.5) is 0 Å². The molecule has 0 saturated heterocycles. The fourth-order valence-corrected chi connectivity index (χ4v) is 2.40. The monoisotopic (exact) mass is 281 g/mol. The Labute approximate surface area is 113 Å². The van der Waals surface area contributed by atoms with Crippen LogP contribution in [0.3, 0.4) is 0 Å². The van der Waals surface area contributed by atoms with Crippen LogP contribution in [-0.2, 0) is 16.1 Å². The standard InChI is InChI=1S/C12H15N3O5/c16-8-3-6-15(11(20)13-8)7-9(17)14-12(10(18)19)4-1-2-5-12/h3,6H,1-2,4-5,7H2,(H,14,17)(H,18,19)(H,13,16,20). The summed E-state index contributed by atoms with van der Waals surface area (Å²) in [7, 11) is 0. The second-order valence-corrected chi connectivity index (χ2v) is 4.88. The molecule has 1 heterocycles. The normalized spacial score (nSPS) is 16.8. The molecule has 0 unspecified atom stereocenters. The van der Waals surface area contributed by atoms with Gasteiger partial charge in [-0.3, -0.25) is 19.1 Å². The van der Waals surface area contributed by atoms with Crippen LogP contribution < -0.4 is 16.6 Å². The molecule has 1 aliphatic rings. The van der Waals surface area contributed by atoms with Gasteiger partial charge in [-0.25, -0.2) is 9.59 Å². The van der Waals surface area contributed by atoms with Crippen LogP contribution in [0.15, 0.2) is 21.9 Å². The molecule has 0 radical (unpaired) electrons. The molecular formula is C12H15N3O5. The Bertz CT molecular complexity index is 639.